The molecule has 4 aliphatic rings. The average molecular weight is 290 g/mol. The Morgan fingerprint density at radius 3 is 1.53 bits per heavy atom. The lowest BCUT2D eigenvalue weighted by Crippen LogP contribution is -2.62. The summed E-state index contributed by atoms with van der Waals surface area (Å²) in [5, 5.41) is 0. The summed E-state index contributed by atoms with van der Waals surface area (Å²) in [4.78, 5) is 0. The van der Waals surface area contributed by atoms with E-state index in [0.717, 1.165) is 0 Å². The van der Waals surface area contributed by atoms with Gasteiger partial charge in [-0.1, -0.05) is 0 Å². The van der Waals surface area contributed by atoms with Crippen LogP contribution in [-0.4, -0.2) is 41.1 Å². The van der Waals surface area contributed by atoms with Crippen molar-refractivity contribution in [2.45, 2.75) is 54.4 Å². The van der Waals surface area contributed by atoms with Gasteiger partial charge in [-0.25, -0.2) is 13.2 Å². The van der Waals surface area contributed by atoms with Crippen LogP contribution in [0.1, 0.15) is 13.3 Å². The zero-order valence-corrected chi connectivity index (χ0v) is 9.57. The number of epoxide rings is 1. The van der Waals surface area contributed by atoms with Gasteiger partial charge >= 0.3 is 11.8 Å². The molecule has 0 spiro atoms. The first-order valence-electron chi connectivity index (χ1n) is 5.94. The van der Waals surface area contributed by atoms with E-state index in [4.69, 9.17) is 4.74 Å². The minimum Gasteiger partial charge on any atom is -0.369 e. The summed E-state index contributed by atoms with van der Waals surface area (Å²) < 4.78 is 104. The summed E-state index contributed by atoms with van der Waals surface area (Å²) in [6, 6.07) is 0. The van der Waals surface area contributed by atoms with Gasteiger partial charge in [0.25, 0.3) is 0 Å². The maximum absolute atomic E-state index is 14.7. The summed E-state index contributed by atoms with van der Waals surface area (Å²) in [5.41, 5.74) is -13.0. The lowest BCUT2D eigenvalue weighted by Gasteiger charge is -2.38. The smallest absolute Gasteiger partial charge is 0.324 e. The van der Waals surface area contributed by atoms with Crippen LogP contribution in [0.2, 0.25) is 0 Å². The Kier molecular flexibility index (Phi) is 1.61. The second-order valence-corrected chi connectivity index (χ2v) is 6.09. The average Bonchev–Trinajstić information content (AvgIpc) is 2.92. The van der Waals surface area contributed by atoms with Gasteiger partial charge in [-0.3, -0.25) is 0 Å². The van der Waals surface area contributed by atoms with E-state index in [1.54, 1.807) is 0 Å². The third kappa shape index (κ3) is 0.754. The molecule has 1 saturated heterocycles. The zero-order chi connectivity index (χ0) is 14.2. The summed E-state index contributed by atoms with van der Waals surface area (Å²) in [6.45, 7) is -0.125. The fraction of sp³-hybridized carbons (Fsp3) is 1.00. The van der Waals surface area contributed by atoms with Crippen LogP contribution in [0.25, 0.3) is 0 Å². The van der Waals surface area contributed by atoms with Gasteiger partial charge in [0.15, 0.2) is 0 Å². The van der Waals surface area contributed by atoms with Crippen LogP contribution in [0.5, 0.6) is 0 Å². The predicted octanol–water partition coefficient (Wildman–Crippen LogP) is 2.83. The molecule has 2 bridgehead atoms. The van der Waals surface area contributed by atoms with Gasteiger partial charge in [0.05, 0.1) is 12.2 Å². The maximum atomic E-state index is 14.7. The van der Waals surface area contributed by atoms with Crippen LogP contribution >= 0.6 is 0 Å². The van der Waals surface area contributed by atoms with E-state index in [2.05, 4.69) is 0 Å². The number of hydrogen-bond donors (Lipinski definition) is 0. The molecule has 0 radical (unpaired) electrons. The Balaban J connectivity index is 2.02. The Hall–Kier alpha value is -0.530. The summed E-state index contributed by atoms with van der Waals surface area (Å²) in [5.74, 6) is -13.6. The minimum absolute atomic E-state index is 0.125. The fourth-order valence-corrected chi connectivity index (χ4v) is 4.45. The van der Waals surface area contributed by atoms with E-state index in [0.29, 0.717) is 0 Å². The number of hydrogen-bond acceptors (Lipinski definition) is 1. The fourth-order valence-electron chi connectivity index (χ4n) is 4.45. The molecule has 1 aliphatic heterocycles. The van der Waals surface area contributed by atoms with E-state index >= 15 is 0 Å². The molecule has 6 unspecified atom stereocenters. The van der Waals surface area contributed by atoms with Gasteiger partial charge in [-0.15, -0.1) is 0 Å². The van der Waals surface area contributed by atoms with Gasteiger partial charge in [0, 0.05) is 11.8 Å². The standard InChI is InChI=1S/C11H9F7O/c1-7(12)10(15,16)8(13)3-2-4(6-5(3)19-6)9(8,14)11(7,17)18/h3-6H,2H2,1H3. The topological polar surface area (TPSA) is 12.5 Å². The Bertz CT molecular complexity index is 451. The van der Waals surface area contributed by atoms with E-state index in [9.17, 15) is 30.7 Å². The molecule has 0 aromatic rings. The highest BCUT2D eigenvalue weighted by Gasteiger charge is 3.04. The lowest BCUT2D eigenvalue weighted by atomic mass is 9.74. The molecule has 1 nitrogen and oxygen atoms in total. The normalized spacial score (nSPS) is 66.9. The van der Waals surface area contributed by atoms with Crippen LogP contribution in [-0.2, 0) is 4.74 Å². The van der Waals surface area contributed by atoms with Crippen molar-refractivity contribution in [3.8, 4) is 0 Å². The van der Waals surface area contributed by atoms with Crippen LogP contribution in [0, 0.1) is 11.8 Å². The molecular weight excluding hydrogens is 281 g/mol. The predicted molar refractivity (Wildman–Crippen MR) is 47.3 cm³/mol. The largest absolute Gasteiger partial charge is 0.369 e. The van der Waals surface area contributed by atoms with E-state index in [1.165, 1.54) is 0 Å². The first kappa shape index (κ1) is 12.2. The summed E-state index contributed by atoms with van der Waals surface area (Å²) in [7, 11) is 0. The van der Waals surface area contributed by atoms with Crippen LogP contribution < -0.4 is 0 Å². The number of alkyl halides is 7. The van der Waals surface area contributed by atoms with Crippen molar-refractivity contribution in [3.63, 3.8) is 0 Å². The summed E-state index contributed by atoms with van der Waals surface area (Å²) in [6.07, 6.45) is -2.44. The molecule has 4 fully saturated rings. The zero-order valence-electron chi connectivity index (χ0n) is 9.57. The molecule has 19 heavy (non-hydrogen) atoms. The molecule has 6 atom stereocenters. The van der Waals surface area contributed by atoms with Crippen LogP contribution in [0.15, 0.2) is 0 Å². The first-order chi connectivity index (χ1) is 8.46. The monoisotopic (exact) mass is 290 g/mol. The van der Waals surface area contributed by atoms with Gasteiger partial charge in [0.2, 0.25) is 17.0 Å². The third-order valence-corrected chi connectivity index (χ3v) is 5.51. The molecular formula is C11H9F7O. The maximum Gasteiger partial charge on any atom is 0.324 e. The van der Waals surface area contributed by atoms with Crippen molar-refractivity contribution in [3.05, 3.63) is 0 Å². The van der Waals surface area contributed by atoms with Crippen molar-refractivity contribution in [2.75, 3.05) is 0 Å². The Labute approximate surface area is 103 Å². The molecule has 3 aliphatic carbocycles. The highest BCUT2D eigenvalue weighted by molar-refractivity contribution is 5.43. The van der Waals surface area contributed by atoms with E-state index < -0.39 is 59.3 Å². The molecule has 8 heteroatoms. The highest BCUT2D eigenvalue weighted by atomic mass is 19.3. The van der Waals surface area contributed by atoms with E-state index in [-0.39, 0.29) is 6.92 Å². The van der Waals surface area contributed by atoms with Crippen molar-refractivity contribution >= 4 is 0 Å². The Morgan fingerprint density at radius 1 is 0.789 bits per heavy atom. The molecule has 108 valence electrons. The van der Waals surface area contributed by atoms with Gasteiger partial charge in [-0.2, -0.15) is 17.6 Å². The molecule has 0 aromatic heterocycles. The number of ether oxygens (including phenoxy) is 1. The molecule has 4 rings (SSSR count). The second kappa shape index (κ2) is 2.51. The Morgan fingerprint density at radius 2 is 1.16 bits per heavy atom. The van der Waals surface area contributed by atoms with Crippen molar-refractivity contribution < 1.29 is 35.5 Å². The lowest BCUT2D eigenvalue weighted by molar-refractivity contribution is -0.231. The first-order valence-corrected chi connectivity index (χ1v) is 5.94. The number of fused-ring (bicyclic) bond motifs is 8. The molecule has 0 N–H and O–H groups in total. The van der Waals surface area contributed by atoms with E-state index in [1.807, 2.05) is 0 Å². The van der Waals surface area contributed by atoms with Crippen molar-refractivity contribution in [1.29, 1.82) is 0 Å². The summed E-state index contributed by atoms with van der Waals surface area (Å²) >= 11 is 0. The molecule has 1 heterocycles. The van der Waals surface area contributed by atoms with Crippen LogP contribution in [0.3, 0.4) is 0 Å². The minimum atomic E-state index is -5.10. The molecule has 0 aromatic carbocycles. The quantitative estimate of drug-likeness (QED) is 0.494. The second-order valence-electron chi connectivity index (χ2n) is 6.09. The third-order valence-electron chi connectivity index (χ3n) is 5.51. The molecule has 0 amide bonds. The van der Waals surface area contributed by atoms with Gasteiger partial charge < -0.3 is 4.74 Å². The molecule has 3 saturated carbocycles. The number of halogens is 7. The number of rotatable bonds is 0. The highest BCUT2D eigenvalue weighted by Crippen LogP contribution is 2.81. The van der Waals surface area contributed by atoms with Crippen molar-refractivity contribution in [2.24, 2.45) is 11.8 Å². The van der Waals surface area contributed by atoms with Crippen LogP contribution in [0.4, 0.5) is 30.7 Å². The van der Waals surface area contributed by atoms with Gasteiger partial charge in [-0.05, 0) is 13.3 Å². The van der Waals surface area contributed by atoms with Crippen molar-refractivity contribution in [1.82, 2.24) is 0 Å². The van der Waals surface area contributed by atoms with Gasteiger partial charge in [0.1, 0.15) is 0 Å². The SMILES string of the molecule is CC1(F)C(F)(F)C2(F)C3CC(C4OC43)C2(F)C1(F)F.